The van der Waals surface area contributed by atoms with Gasteiger partial charge in [-0.3, -0.25) is 10.1 Å². The summed E-state index contributed by atoms with van der Waals surface area (Å²) in [6, 6.07) is 6.37. The summed E-state index contributed by atoms with van der Waals surface area (Å²) in [6.07, 6.45) is 0. The molecule has 0 saturated carbocycles. The van der Waals surface area contributed by atoms with Crippen LogP contribution in [0, 0.1) is 17.0 Å². The van der Waals surface area contributed by atoms with E-state index in [0.717, 1.165) is 4.47 Å². The molecule has 0 radical (unpaired) electrons. The summed E-state index contributed by atoms with van der Waals surface area (Å²) in [7, 11) is -2.08. The summed E-state index contributed by atoms with van der Waals surface area (Å²) >= 11 is 3.28. The minimum Gasteiger partial charge on any atom is -0.363 e. The zero-order chi connectivity index (χ0) is 19.0. The van der Waals surface area contributed by atoms with Crippen molar-refractivity contribution in [3.05, 3.63) is 44.5 Å². The van der Waals surface area contributed by atoms with Crippen LogP contribution in [0.15, 0.2) is 33.6 Å². The highest BCUT2D eigenvalue weighted by Gasteiger charge is 2.37. The van der Waals surface area contributed by atoms with Crippen molar-refractivity contribution < 1.29 is 13.3 Å². The van der Waals surface area contributed by atoms with Crippen LogP contribution in [0.5, 0.6) is 0 Å². The summed E-state index contributed by atoms with van der Waals surface area (Å²) in [5, 5.41) is 18.1. The number of halogens is 1. The van der Waals surface area contributed by atoms with Gasteiger partial charge in [0.05, 0.1) is 14.6 Å². The molecule has 25 heavy (non-hydrogen) atoms. The highest BCUT2D eigenvalue weighted by atomic mass is 79.9. The number of anilines is 1. The molecule has 0 saturated heterocycles. The van der Waals surface area contributed by atoms with Gasteiger partial charge in [0.2, 0.25) is 5.82 Å². The maximum Gasteiger partial charge on any atom is 0.333 e. The first-order valence-corrected chi connectivity index (χ1v) is 9.67. The SMILES string of the molecule is Cc1nn(C)c(NCC(C)(C)S(=O)(=O)c2ccc(Br)cc2)c1[N+](=O)[O-]. The minimum atomic E-state index is -3.65. The van der Waals surface area contributed by atoms with Gasteiger partial charge >= 0.3 is 5.69 Å². The molecule has 0 aliphatic carbocycles. The summed E-state index contributed by atoms with van der Waals surface area (Å²) in [5.41, 5.74) is 0.114. The number of sulfone groups is 1. The van der Waals surface area contributed by atoms with Crippen LogP contribution in [-0.2, 0) is 16.9 Å². The molecule has 0 aliphatic rings. The van der Waals surface area contributed by atoms with Gasteiger partial charge in [0.15, 0.2) is 9.84 Å². The zero-order valence-electron chi connectivity index (χ0n) is 14.3. The molecule has 8 nitrogen and oxygen atoms in total. The smallest absolute Gasteiger partial charge is 0.333 e. The van der Waals surface area contributed by atoms with E-state index in [-0.39, 0.29) is 28.6 Å². The second-order valence-electron chi connectivity index (χ2n) is 6.23. The second kappa shape index (κ2) is 6.75. The molecule has 0 spiro atoms. The largest absolute Gasteiger partial charge is 0.363 e. The van der Waals surface area contributed by atoms with Crippen LogP contribution < -0.4 is 5.32 Å². The predicted molar refractivity (Wildman–Crippen MR) is 98.5 cm³/mol. The van der Waals surface area contributed by atoms with E-state index in [1.54, 1.807) is 33.0 Å². The number of nitrogens with one attached hydrogen (secondary N) is 1. The predicted octanol–water partition coefficient (Wildman–Crippen LogP) is 3.06. The third-order valence-electron chi connectivity index (χ3n) is 3.91. The highest BCUT2D eigenvalue weighted by molar-refractivity contribution is 9.10. The molecule has 0 atom stereocenters. The lowest BCUT2D eigenvalue weighted by atomic mass is 10.2. The van der Waals surface area contributed by atoms with E-state index in [1.165, 1.54) is 23.7 Å². The Balaban J connectivity index is 2.31. The summed E-state index contributed by atoms with van der Waals surface area (Å²) in [5.74, 6) is 0.182. The van der Waals surface area contributed by atoms with Crippen molar-refractivity contribution in [2.75, 3.05) is 11.9 Å². The Morgan fingerprint density at radius 2 is 1.88 bits per heavy atom. The Kier molecular flexibility index (Phi) is 5.24. The molecular formula is C15H19BrN4O4S. The zero-order valence-corrected chi connectivity index (χ0v) is 16.7. The maximum absolute atomic E-state index is 12.9. The molecule has 0 fully saturated rings. The van der Waals surface area contributed by atoms with E-state index in [2.05, 4.69) is 26.3 Å². The molecule has 136 valence electrons. The average molecular weight is 431 g/mol. The number of aryl methyl sites for hydroxylation is 2. The van der Waals surface area contributed by atoms with Crippen molar-refractivity contribution in [2.45, 2.75) is 30.4 Å². The lowest BCUT2D eigenvalue weighted by Crippen LogP contribution is -2.39. The molecule has 1 heterocycles. The van der Waals surface area contributed by atoms with E-state index in [1.807, 2.05) is 0 Å². The maximum atomic E-state index is 12.9. The quantitative estimate of drug-likeness (QED) is 0.557. The summed E-state index contributed by atoms with van der Waals surface area (Å²) < 4.78 is 26.7. The Hall–Kier alpha value is -1.94. The molecule has 1 aromatic carbocycles. The second-order valence-corrected chi connectivity index (χ2v) is 9.73. The molecule has 1 aromatic heterocycles. The topological polar surface area (TPSA) is 107 Å². The van der Waals surface area contributed by atoms with Crippen LogP contribution >= 0.6 is 15.9 Å². The van der Waals surface area contributed by atoms with Gasteiger partial charge < -0.3 is 5.32 Å². The van der Waals surface area contributed by atoms with E-state index in [0.29, 0.717) is 0 Å². The van der Waals surface area contributed by atoms with Crippen LogP contribution in [-0.4, -0.2) is 34.4 Å². The first kappa shape index (κ1) is 19.4. The molecule has 2 aromatic rings. The number of nitrogens with zero attached hydrogens (tertiary/aromatic N) is 3. The number of benzene rings is 1. The third kappa shape index (κ3) is 3.69. The fourth-order valence-electron chi connectivity index (χ4n) is 2.39. The lowest BCUT2D eigenvalue weighted by Gasteiger charge is -2.25. The van der Waals surface area contributed by atoms with Crippen LogP contribution in [0.1, 0.15) is 19.5 Å². The van der Waals surface area contributed by atoms with Crippen molar-refractivity contribution in [1.29, 1.82) is 0 Å². The van der Waals surface area contributed by atoms with Gasteiger partial charge in [0, 0.05) is 18.1 Å². The standard InChI is InChI=1S/C15H19BrN4O4S/c1-10-13(20(21)22)14(19(4)18-10)17-9-15(2,3)25(23,24)12-7-5-11(16)6-8-12/h5-8,17H,9H2,1-4H3. The molecule has 10 heteroatoms. The van der Waals surface area contributed by atoms with Crippen molar-refractivity contribution in [1.82, 2.24) is 9.78 Å². The molecule has 0 bridgehead atoms. The van der Waals surface area contributed by atoms with E-state index >= 15 is 0 Å². The Morgan fingerprint density at radius 1 is 1.32 bits per heavy atom. The van der Waals surface area contributed by atoms with Gasteiger partial charge in [-0.2, -0.15) is 5.10 Å². The van der Waals surface area contributed by atoms with Gasteiger partial charge in [-0.1, -0.05) is 15.9 Å². The van der Waals surface area contributed by atoms with Crippen molar-refractivity contribution in [2.24, 2.45) is 7.05 Å². The number of hydrogen-bond acceptors (Lipinski definition) is 6. The van der Waals surface area contributed by atoms with Crippen LogP contribution in [0.4, 0.5) is 11.5 Å². The van der Waals surface area contributed by atoms with E-state index in [4.69, 9.17) is 0 Å². The van der Waals surface area contributed by atoms with E-state index < -0.39 is 19.5 Å². The Labute approximate surface area is 154 Å². The minimum absolute atomic E-state index is 0.00872. The summed E-state index contributed by atoms with van der Waals surface area (Å²) in [6.45, 7) is 4.68. The fourth-order valence-corrected chi connectivity index (χ4v) is 4.05. The normalized spacial score (nSPS) is 12.2. The average Bonchev–Trinajstić information content (AvgIpc) is 2.79. The molecule has 0 unspecified atom stereocenters. The van der Waals surface area contributed by atoms with Crippen molar-refractivity contribution in [3.63, 3.8) is 0 Å². The van der Waals surface area contributed by atoms with Gasteiger partial charge in [0.1, 0.15) is 5.69 Å². The van der Waals surface area contributed by atoms with Crippen LogP contribution in [0.25, 0.3) is 0 Å². The first-order valence-electron chi connectivity index (χ1n) is 7.39. The summed E-state index contributed by atoms with van der Waals surface area (Å²) in [4.78, 5) is 10.9. The third-order valence-corrected chi connectivity index (χ3v) is 6.93. The fraction of sp³-hybridized carbons (Fsp3) is 0.400. The highest BCUT2D eigenvalue weighted by Crippen LogP contribution is 2.30. The molecule has 0 aliphatic heterocycles. The monoisotopic (exact) mass is 430 g/mol. The molecule has 0 amide bonds. The van der Waals surface area contributed by atoms with Crippen LogP contribution in [0.3, 0.4) is 0 Å². The van der Waals surface area contributed by atoms with Gasteiger partial charge in [-0.15, -0.1) is 0 Å². The van der Waals surface area contributed by atoms with E-state index in [9.17, 15) is 18.5 Å². The van der Waals surface area contributed by atoms with Gasteiger partial charge in [0.25, 0.3) is 0 Å². The first-order chi connectivity index (χ1) is 11.5. The van der Waals surface area contributed by atoms with Gasteiger partial charge in [-0.05, 0) is 45.0 Å². The lowest BCUT2D eigenvalue weighted by molar-refractivity contribution is -0.384. The molecular weight excluding hydrogens is 412 g/mol. The number of nitro groups is 1. The Morgan fingerprint density at radius 3 is 2.40 bits per heavy atom. The molecule has 2 rings (SSSR count). The molecule has 1 N–H and O–H groups in total. The number of rotatable bonds is 6. The number of hydrogen-bond donors (Lipinski definition) is 1. The number of aromatic nitrogens is 2. The Bertz CT molecular complexity index is 904. The van der Waals surface area contributed by atoms with Crippen LogP contribution in [0.2, 0.25) is 0 Å². The van der Waals surface area contributed by atoms with Crippen molar-refractivity contribution >= 4 is 37.3 Å². The van der Waals surface area contributed by atoms with Crippen molar-refractivity contribution in [3.8, 4) is 0 Å². The van der Waals surface area contributed by atoms with Gasteiger partial charge in [-0.25, -0.2) is 13.1 Å².